The Bertz CT molecular complexity index is 444. The van der Waals surface area contributed by atoms with Gasteiger partial charge in [0.1, 0.15) is 0 Å². The van der Waals surface area contributed by atoms with E-state index < -0.39 is 0 Å². The second-order valence-electron chi connectivity index (χ2n) is 4.27. The molecule has 0 bridgehead atoms. The summed E-state index contributed by atoms with van der Waals surface area (Å²) in [4.78, 5) is 4.62. The van der Waals surface area contributed by atoms with Crippen LogP contribution in [0.1, 0.15) is 13.8 Å². The van der Waals surface area contributed by atoms with Crippen LogP contribution in [0.2, 0.25) is 0 Å². The van der Waals surface area contributed by atoms with Crippen LogP contribution in [0.15, 0.2) is 32.1 Å². The lowest BCUT2D eigenvalue weighted by Crippen LogP contribution is -2.15. The predicted molar refractivity (Wildman–Crippen MR) is 79.4 cm³/mol. The largest absolute Gasteiger partial charge is 0.334 e. The van der Waals surface area contributed by atoms with Gasteiger partial charge in [0.25, 0.3) is 0 Å². The first-order valence-corrected chi connectivity index (χ1v) is 7.48. The molecule has 0 saturated heterocycles. The van der Waals surface area contributed by atoms with Gasteiger partial charge in [0.05, 0.1) is 11.2 Å². The predicted octanol–water partition coefficient (Wildman–Crippen LogP) is 4.50. The molecule has 86 valence electrons. The first kappa shape index (κ1) is 12.5. The molecule has 0 atom stereocenters. The highest BCUT2D eigenvalue weighted by atomic mass is 79.9. The fourth-order valence-corrected chi connectivity index (χ4v) is 3.55. The Kier molecular flexibility index (Phi) is 3.66. The topological polar surface area (TPSA) is 24.4 Å². The number of amidine groups is 1. The van der Waals surface area contributed by atoms with Crippen molar-refractivity contribution in [3.63, 3.8) is 0 Å². The van der Waals surface area contributed by atoms with E-state index in [1.807, 2.05) is 18.2 Å². The highest BCUT2D eigenvalue weighted by molar-refractivity contribution is 9.11. The number of halogens is 2. The number of nitrogens with one attached hydrogen (secondary N) is 1. The molecule has 0 aromatic heterocycles. The summed E-state index contributed by atoms with van der Waals surface area (Å²) >= 11 is 8.72. The van der Waals surface area contributed by atoms with Gasteiger partial charge < -0.3 is 5.32 Å². The molecular formula is C11H12Br2N2S. The van der Waals surface area contributed by atoms with E-state index in [0.29, 0.717) is 0 Å². The van der Waals surface area contributed by atoms with E-state index in [0.717, 1.165) is 25.6 Å². The van der Waals surface area contributed by atoms with Gasteiger partial charge in [-0.2, -0.15) is 0 Å². The number of anilines is 1. The summed E-state index contributed by atoms with van der Waals surface area (Å²) in [5, 5.41) is 4.33. The molecule has 1 aromatic carbocycles. The molecule has 1 aliphatic heterocycles. The lowest BCUT2D eigenvalue weighted by atomic mass is 10.1. The van der Waals surface area contributed by atoms with Crippen LogP contribution in [0.25, 0.3) is 0 Å². The lowest BCUT2D eigenvalue weighted by Gasteiger charge is -2.09. The van der Waals surface area contributed by atoms with E-state index in [-0.39, 0.29) is 5.54 Å². The monoisotopic (exact) mass is 362 g/mol. The zero-order valence-corrected chi connectivity index (χ0v) is 13.0. The van der Waals surface area contributed by atoms with Crippen LogP contribution in [0, 0.1) is 0 Å². The van der Waals surface area contributed by atoms with E-state index in [9.17, 15) is 0 Å². The van der Waals surface area contributed by atoms with Gasteiger partial charge in [-0.3, -0.25) is 4.99 Å². The normalized spacial score (nSPS) is 18.4. The molecule has 0 amide bonds. The smallest absolute Gasteiger partial charge is 0.161 e. The Hall–Kier alpha value is -0.0000000000000000555. The maximum absolute atomic E-state index is 4.62. The highest BCUT2D eigenvalue weighted by Crippen LogP contribution is 2.31. The van der Waals surface area contributed by atoms with E-state index in [4.69, 9.17) is 0 Å². The lowest BCUT2D eigenvalue weighted by molar-refractivity contribution is 0.605. The molecule has 16 heavy (non-hydrogen) atoms. The summed E-state index contributed by atoms with van der Waals surface area (Å²) in [5.41, 5.74) is 1.10. The molecule has 1 heterocycles. The number of benzene rings is 1. The molecule has 2 nitrogen and oxygen atoms in total. The van der Waals surface area contributed by atoms with Crippen LogP contribution in [0.4, 0.5) is 5.69 Å². The summed E-state index contributed by atoms with van der Waals surface area (Å²) < 4.78 is 2.10. The van der Waals surface area contributed by atoms with Crippen molar-refractivity contribution in [2.45, 2.75) is 19.4 Å². The average Bonchev–Trinajstić information content (AvgIpc) is 2.51. The second-order valence-corrected chi connectivity index (χ2v) is 7.00. The van der Waals surface area contributed by atoms with Crippen molar-refractivity contribution in [1.29, 1.82) is 0 Å². The van der Waals surface area contributed by atoms with Gasteiger partial charge in [-0.15, -0.1) is 0 Å². The van der Waals surface area contributed by atoms with E-state index in [2.05, 4.69) is 56.0 Å². The molecule has 0 aliphatic carbocycles. The van der Waals surface area contributed by atoms with Gasteiger partial charge in [-0.25, -0.2) is 0 Å². The van der Waals surface area contributed by atoms with Crippen LogP contribution in [-0.2, 0) is 0 Å². The molecule has 1 aliphatic rings. The minimum absolute atomic E-state index is 0.0504. The van der Waals surface area contributed by atoms with Gasteiger partial charge in [0, 0.05) is 14.7 Å². The number of hydrogen-bond donors (Lipinski definition) is 1. The summed E-state index contributed by atoms with van der Waals surface area (Å²) in [6, 6.07) is 6.06. The Morgan fingerprint density at radius 3 is 2.69 bits per heavy atom. The Morgan fingerprint density at radius 1 is 1.38 bits per heavy atom. The molecule has 0 spiro atoms. The molecule has 1 aromatic rings. The molecule has 0 unspecified atom stereocenters. The zero-order chi connectivity index (χ0) is 11.8. The van der Waals surface area contributed by atoms with Crippen molar-refractivity contribution < 1.29 is 0 Å². The molecule has 0 radical (unpaired) electrons. The van der Waals surface area contributed by atoms with Gasteiger partial charge in [-0.05, 0) is 48.0 Å². The Labute approximate surface area is 117 Å². The van der Waals surface area contributed by atoms with E-state index in [1.54, 1.807) is 11.8 Å². The summed E-state index contributed by atoms with van der Waals surface area (Å²) in [6.07, 6.45) is 0. The quantitative estimate of drug-likeness (QED) is 0.794. The maximum Gasteiger partial charge on any atom is 0.161 e. The third kappa shape index (κ3) is 3.02. The second kappa shape index (κ2) is 4.70. The fraction of sp³-hybridized carbons (Fsp3) is 0.364. The van der Waals surface area contributed by atoms with Crippen LogP contribution in [0.3, 0.4) is 0 Å². The number of thioether (sulfide) groups is 1. The first-order chi connectivity index (χ1) is 7.46. The highest BCUT2D eigenvalue weighted by Gasteiger charge is 2.25. The SMILES string of the molecule is CC1(C)CSC(Nc2ccc(Br)cc2Br)=N1. The molecule has 2 rings (SSSR count). The van der Waals surface area contributed by atoms with Gasteiger partial charge in [0.2, 0.25) is 0 Å². The van der Waals surface area contributed by atoms with Crippen LogP contribution in [-0.4, -0.2) is 16.5 Å². The van der Waals surface area contributed by atoms with Crippen molar-refractivity contribution in [1.82, 2.24) is 0 Å². The summed E-state index contributed by atoms with van der Waals surface area (Å²) in [5.74, 6) is 1.03. The first-order valence-electron chi connectivity index (χ1n) is 4.91. The van der Waals surface area contributed by atoms with Crippen LogP contribution >= 0.6 is 43.6 Å². The van der Waals surface area contributed by atoms with Crippen molar-refractivity contribution in [3.05, 3.63) is 27.1 Å². The molecule has 1 N–H and O–H groups in total. The van der Waals surface area contributed by atoms with Gasteiger partial charge in [-0.1, -0.05) is 27.7 Å². The maximum atomic E-state index is 4.62. The van der Waals surface area contributed by atoms with Crippen molar-refractivity contribution >= 4 is 54.5 Å². The standard InChI is InChI=1S/C11H12Br2N2S/c1-11(2)6-16-10(15-11)14-9-4-3-7(12)5-8(9)13/h3-5H,6H2,1-2H3,(H,14,15). The number of rotatable bonds is 1. The van der Waals surface area contributed by atoms with Crippen LogP contribution in [0.5, 0.6) is 0 Å². The minimum Gasteiger partial charge on any atom is -0.334 e. The van der Waals surface area contributed by atoms with Crippen LogP contribution < -0.4 is 5.32 Å². The summed E-state index contributed by atoms with van der Waals surface area (Å²) in [7, 11) is 0. The fourth-order valence-electron chi connectivity index (χ4n) is 1.35. The van der Waals surface area contributed by atoms with E-state index >= 15 is 0 Å². The number of nitrogens with zero attached hydrogens (tertiary/aromatic N) is 1. The molecular weight excluding hydrogens is 352 g/mol. The van der Waals surface area contributed by atoms with Crippen molar-refractivity contribution in [2.24, 2.45) is 4.99 Å². The third-order valence-corrected chi connectivity index (χ3v) is 4.61. The van der Waals surface area contributed by atoms with E-state index in [1.165, 1.54) is 0 Å². The Balaban J connectivity index is 2.16. The van der Waals surface area contributed by atoms with Crippen molar-refractivity contribution in [2.75, 3.05) is 11.1 Å². The molecule has 5 heteroatoms. The van der Waals surface area contributed by atoms with Gasteiger partial charge in [0.15, 0.2) is 5.17 Å². The minimum atomic E-state index is 0.0504. The number of aliphatic imine (C=N–C) groups is 1. The van der Waals surface area contributed by atoms with Gasteiger partial charge >= 0.3 is 0 Å². The third-order valence-electron chi connectivity index (χ3n) is 2.14. The number of hydrogen-bond acceptors (Lipinski definition) is 3. The Morgan fingerprint density at radius 2 is 2.12 bits per heavy atom. The summed E-state index contributed by atoms with van der Waals surface area (Å²) in [6.45, 7) is 4.29. The average molecular weight is 364 g/mol. The van der Waals surface area contributed by atoms with Crippen molar-refractivity contribution in [3.8, 4) is 0 Å². The zero-order valence-electron chi connectivity index (χ0n) is 9.05. The molecule has 0 fully saturated rings. The molecule has 0 saturated carbocycles.